The van der Waals surface area contributed by atoms with Gasteiger partial charge in [-0.05, 0) is 36.6 Å². The van der Waals surface area contributed by atoms with Gasteiger partial charge in [-0.2, -0.15) is 0 Å². The van der Waals surface area contributed by atoms with Crippen molar-refractivity contribution < 1.29 is 13.6 Å². The van der Waals surface area contributed by atoms with Gasteiger partial charge in [0.15, 0.2) is 0 Å². The molecular formula is C16H21F2N3O. The molecule has 1 amide bonds. The molecule has 0 saturated heterocycles. The number of halogens is 2. The maximum Gasteiger partial charge on any atom is 0.266 e. The lowest BCUT2D eigenvalue weighted by Crippen LogP contribution is -2.24. The standard InChI is InChI=1S/C16H21F2N3O/c1-11(22)21(2)13-3-4-15(14(19)9-13)20-10-12-5-7-16(17,18)8-6-12/h3-5,7,9,12,20H,6,8,10,19H2,1-2H3. The van der Waals surface area contributed by atoms with E-state index in [1.807, 2.05) is 0 Å². The maximum atomic E-state index is 13.0. The number of rotatable bonds is 4. The van der Waals surface area contributed by atoms with E-state index in [0.29, 0.717) is 24.3 Å². The monoisotopic (exact) mass is 309 g/mol. The van der Waals surface area contributed by atoms with Gasteiger partial charge in [0.05, 0.1) is 11.4 Å². The van der Waals surface area contributed by atoms with Crippen LogP contribution in [-0.4, -0.2) is 25.4 Å². The summed E-state index contributed by atoms with van der Waals surface area (Å²) in [5, 5.41) is 3.18. The number of benzene rings is 1. The number of hydrogen-bond donors (Lipinski definition) is 2. The molecule has 0 bridgehead atoms. The number of anilines is 3. The summed E-state index contributed by atoms with van der Waals surface area (Å²) in [6, 6.07) is 5.31. The average molecular weight is 309 g/mol. The molecule has 0 fully saturated rings. The van der Waals surface area contributed by atoms with E-state index in [2.05, 4.69) is 5.32 Å². The first-order valence-corrected chi connectivity index (χ1v) is 7.23. The number of allylic oxidation sites excluding steroid dienone is 1. The molecule has 1 aromatic carbocycles. The highest BCUT2D eigenvalue weighted by molar-refractivity contribution is 5.92. The Labute approximate surface area is 129 Å². The summed E-state index contributed by atoms with van der Waals surface area (Å²) < 4.78 is 26.1. The van der Waals surface area contributed by atoms with Gasteiger partial charge in [0.1, 0.15) is 0 Å². The Kier molecular flexibility index (Phi) is 4.68. The number of carbonyl (C=O) groups is 1. The van der Waals surface area contributed by atoms with Gasteiger partial charge in [-0.1, -0.05) is 6.08 Å². The first-order chi connectivity index (χ1) is 10.3. The number of hydrogen-bond acceptors (Lipinski definition) is 3. The molecular weight excluding hydrogens is 288 g/mol. The fraction of sp³-hybridized carbons (Fsp3) is 0.438. The van der Waals surface area contributed by atoms with E-state index >= 15 is 0 Å². The highest BCUT2D eigenvalue weighted by Gasteiger charge is 2.29. The van der Waals surface area contributed by atoms with Crippen LogP contribution < -0.4 is 16.0 Å². The third-order valence-electron chi connectivity index (χ3n) is 3.91. The number of nitrogens with two attached hydrogens (primary N) is 1. The van der Waals surface area contributed by atoms with E-state index in [1.165, 1.54) is 11.8 Å². The molecule has 0 spiro atoms. The van der Waals surface area contributed by atoms with Crippen LogP contribution in [0, 0.1) is 5.92 Å². The molecule has 0 aromatic heterocycles. The number of carbonyl (C=O) groups excluding carboxylic acids is 1. The number of nitrogens with one attached hydrogen (secondary N) is 1. The molecule has 3 N–H and O–H groups in total. The van der Waals surface area contributed by atoms with Crippen LogP contribution in [0.5, 0.6) is 0 Å². The third kappa shape index (κ3) is 3.96. The lowest BCUT2D eigenvalue weighted by Gasteiger charge is -2.23. The average Bonchev–Trinajstić information content (AvgIpc) is 2.46. The molecule has 22 heavy (non-hydrogen) atoms. The minimum atomic E-state index is -2.67. The highest BCUT2D eigenvalue weighted by atomic mass is 19.3. The van der Waals surface area contributed by atoms with Crippen molar-refractivity contribution in [3.05, 3.63) is 30.4 Å². The van der Waals surface area contributed by atoms with Gasteiger partial charge < -0.3 is 16.0 Å². The number of nitrogens with zero attached hydrogens (tertiary/aromatic N) is 1. The van der Waals surface area contributed by atoms with Crippen LogP contribution >= 0.6 is 0 Å². The predicted octanol–water partition coefficient (Wildman–Crippen LogP) is 3.26. The summed E-state index contributed by atoms with van der Waals surface area (Å²) in [6.07, 6.45) is 2.87. The normalized spacial score (nSPS) is 19.7. The largest absolute Gasteiger partial charge is 0.397 e. The Bertz CT molecular complexity index is 587. The molecule has 0 aliphatic heterocycles. The van der Waals surface area contributed by atoms with Crippen molar-refractivity contribution in [3.8, 4) is 0 Å². The zero-order valence-corrected chi connectivity index (χ0v) is 12.8. The topological polar surface area (TPSA) is 58.4 Å². The smallest absolute Gasteiger partial charge is 0.266 e. The van der Waals surface area contributed by atoms with Crippen LogP contribution in [0.3, 0.4) is 0 Å². The van der Waals surface area contributed by atoms with Crippen molar-refractivity contribution >= 4 is 23.0 Å². The lowest BCUT2D eigenvalue weighted by molar-refractivity contribution is -0.116. The minimum Gasteiger partial charge on any atom is -0.397 e. The first kappa shape index (κ1) is 16.3. The Balaban J connectivity index is 1.98. The van der Waals surface area contributed by atoms with Crippen LogP contribution in [0.1, 0.15) is 19.8 Å². The van der Waals surface area contributed by atoms with E-state index < -0.39 is 5.92 Å². The van der Waals surface area contributed by atoms with Crippen LogP contribution in [0.4, 0.5) is 25.8 Å². The second-order valence-electron chi connectivity index (χ2n) is 5.65. The highest BCUT2D eigenvalue weighted by Crippen LogP contribution is 2.31. The SMILES string of the molecule is CC(=O)N(C)c1ccc(NCC2C=CC(F)(F)CC2)c(N)c1. The van der Waals surface area contributed by atoms with E-state index in [-0.39, 0.29) is 18.2 Å². The van der Waals surface area contributed by atoms with Crippen LogP contribution in [0.25, 0.3) is 0 Å². The Hall–Kier alpha value is -2.11. The number of alkyl halides is 2. The molecule has 4 nitrogen and oxygen atoms in total. The molecule has 0 radical (unpaired) electrons. The third-order valence-corrected chi connectivity index (χ3v) is 3.91. The fourth-order valence-electron chi connectivity index (χ4n) is 2.35. The van der Waals surface area contributed by atoms with Crippen molar-refractivity contribution in [1.82, 2.24) is 0 Å². The fourth-order valence-corrected chi connectivity index (χ4v) is 2.35. The summed E-state index contributed by atoms with van der Waals surface area (Å²) in [6.45, 7) is 2.03. The van der Waals surface area contributed by atoms with Crippen molar-refractivity contribution in [2.75, 3.05) is 29.5 Å². The zero-order chi connectivity index (χ0) is 16.3. The van der Waals surface area contributed by atoms with Gasteiger partial charge in [-0.3, -0.25) is 4.79 Å². The van der Waals surface area contributed by atoms with E-state index in [0.717, 1.165) is 11.8 Å². The van der Waals surface area contributed by atoms with Gasteiger partial charge in [0, 0.05) is 32.6 Å². The van der Waals surface area contributed by atoms with Gasteiger partial charge in [-0.25, -0.2) is 8.78 Å². The zero-order valence-electron chi connectivity index (χ0n) is 12.8. The lowest BCUT2D eigenvalue weighted by atomic mass is 9.93. The summed E-state index contributed by atoms with van der Waals surface area (Å²) >= 11 is 0. The molecule has 1 aliphatic carbocycles. The van der Waals surface area contributed by atoms with Crippen LogP contribution in [0.15, 0.2) is 30.4 Å². The second-order valence-corrected chi connectivity index (χ2v) is 5.65. The van der Waals surface area contributed by atoms with Gasteiger partial charge >= 0.3 is 0 Å². The van der Waals surface area contributed by atoms with Gasteiger partial charge in [-0.15, -0.1) is 0 Å². The van der Waals surface area contributed by atoms with Crippen molar-refractivity contribution in [1.29, 1.82) is 0 Å². The van der Waals surface area contributed by atoms with Crippen LogP contribution in [-0.2, 0) is 4.79 Å². The van der Waals surface area contributed by atoms with Gasteiger partial charge in [0.2, 0.25) is 5.91 Å². The summed E-state index contributed by atoms with van der Waals surface area (Å²) in [4.78, 5) is 12.8. The van der Waals surface area contributed by atoms with Crippen LogP contribution in [0.2, 0.25) is 0 Å². The molecule has 6 heteroatoms. The molecule has 1 unspecified atom stereocenters. The number of nitrogen functional groups attached to an aromatic ring is 1. The van der Waals surface area contributed by atoms with Crippen molar-refractivity contribution in [3.63, 3.8) is 0 Å². The first-order valence-electron chi connectivity index (χ1n) is 7.23. The molecule has 2 rings (SSSR count). The molecule has 1 atom stereocenters. The quantitative estimate of drug-likeness (QED) is 0.663. The number of amides is 1. The van der Waals surface area contributed by atoms with Gasteiger partial charge in [0.25, 0.3) is 5.92 Å². The molecule has 1 aromatic rings. The summed E-state index contributed by atoms with van der Waals surface area (Å²) in [5.41, 5.74) is 7.96. The van der Waals surface area contributed by atoms with Crippen molar-refractivity contribution in [2.45, 2.75) is 25.7 Å². The maximum absolute atomic E-state index is 13.0. The van der Waals surface area contributed by atoms with E-state index in [9.17, 15) is 13.6 Å². The van der Waals surface area contributed by atoms with E-state index in [4.69, 9.17) is 5.73 Å². The summed E-state index contributed by atoms with van der Waals surface area (Å²) in [7, 11) is 1.68. The Morgan fingerprint density at radius 3 is 2.77 bits per heavy atom. The molecule has 120 valence electrons. The summed E-state index contributed by atoms with van der Waals surface area (Å²) in [5.74, 6) is -2.68. The predicted molar refractivity (Wildman–Crippen MR) is 85.2 cm³/mol. The molecule has 1 aliphatic rings. The Morgan fingerprint density at radius 2 is 2.23 bits per heavy atom. The second kappa shape index (κ2) is 6.34. The molecule has 0 saturated carbocycles. The Morgan fingerprint density at radius 1 is 1.50 bits per heavy atom. The van der Waals surface area contributed by atoms with E-state index in [1.54, 1.807) is 31.3 Å². The molecule has 0 heterocycles. The minimum absolute atomic E-state index is 0.0681. The van der Waals surface area contributed by atoms with Crippen molar-refractivity contribution in [2.24, 2.45) is 5.92 Å².